The number of H-pyrrole nitrogens is 2. The van der Waals surface area contributed by atoms with Crippen molar-refractivity contribution in [1.82, 2.24) is 40.4 Å². The van der Waals surface area contributed by atoms with Gasteiger partial charge < -0.3 is 50.0 Å². The first-order valence-corrected chi connectivity index (χ1v) is 24.6. The summed E-state index contributed by atoms with van der Waals surface area (Å²) in [6.45, 7) is 10.2. The molecule has 9 rings (SSSR count). The summed E-state index contributed by atoms with van der Waals surface area (Å²) in [5.74, 6) is 0.342. The zero-order chi connectivity index (χ0) is 47.8. The highest BCUT2D eigenvalue weighted by Crippen LogP contribution is 2.48. The molecule has 17 heteroatoms. The minimum atomic E-state index is -1.23. The molecule has 4 fully saturated rings. The third kappa shape index (κ3) is 9.27. The van der Waals surface area contributed by atoms with Crippen LogP contribution in [0.4, 0.5) is 25.4 Å². The molecule has 3 unspecified atom stereocenters. The molecule has 0 radical (unpaired) electrons. The molecule has 5 N–H and O–H groups in total. The number of fused-ring (bicyclic) bond motifs is 2. The van der Waals surface area contributed by atoms with E-state index >= 15 is 4.39 Å². The second-order valence-corrected chi connectivity index (χ2v) is 19.8. The summed E-state index contributed by atoms with van der Waals surface area (Å²) in [5, 5.41) is 14.6. The number of benzene rings is 3. The van der Waals surface area contributed by atoms with Crippen LogP contribution in [0, 0.1) is 17.7 Å². The maximum Gasteiger partial charge on any atom is 0.407 e. The van der Waals surface area contributed by atoms with E-state index in [0.717, 1.165) is 110 Å². The van der Waals surface area contributed by atoms with Crippen LogP contribution in [0.3, 0.4) is 0 Å². The average Bonchev–Trinajstić information content (AvgIpc) is 4.17. The first kappa shape index (κ1) is 46.7. The normalized spacial score (nSPS) is 22.1. The number of hydrogen-bond donors (Lipinski definition) is 5. The second kappa shape index (κ2) is 19.7. The van der Waals surface area contributed by atoms with Gasteiger partial charge >= 0.3 is 12.2 Å². The highest BCUT2D eigenvalue weighted by molar-refractivity contribution is 5.87. The molecule has 0 bridgehead atoms. The maximum absolute atomic E-state index is 16.5. The first-order valence-electron chi connectivity index (χ1n) is 24.6. The van der Waals surface area contributed by atoms with Crippen LogP contribution in [0.5, 0.6) is 0 Å². The van der Waals surface area contributed by atoms with Crippen molar-refractivity contribution in [2.24, 2.45) is 11.8 Å². The van der Waals surface area contributed by atoms with Gasteiger partial charge in [-0.1, -0.05) is 52.7 Å². The van der Waals surface area contributed by atoms with Crippen molar-refractivity contribution < 1.29 is 33.4 Å². The van der Waals surface area contributed by atoms with Crippen LogP contribution in [-0.2, 0) is 14.3 Å². The van der Waals surface area contributed by atoms with E-state index in [1.807, 2.05) is 50.8 Å². The van der Waals surface area contributed by atoms with Gasteiger partial charge in [0, 0.05) is 31.9 Å². The Bertz CT molecular complexity index is 2660. The van der Waals surface area contributed by atoms with Crippen molar-refractivity contribution in [3.63, 3.8) is 0 Å². The number of halogens is 1. The van der Waals surface area contributed by atoms with Gasteiger partial charge in [0.05, 0.1) is 59.0 Å². The average molecular weight is 933 g/mol. The lowest BCUT2D eigenvalue weighted by molar-refractivity contribution is -0.136. The number of rotatable bonds is 12. The second-order valence-electron chi connectivity index (χ2n) is 19.8. The van der Waals surface area contributed by atoms with Crippen LogP contribution in [0.15, 0.2) is 54.6 Å². The minimum absolute atomic E-state index is 0.117. The molecule has 0 aliphatic carbocycles. The summed E-state index contributed by atoms with van der Waals surface area (Å²) in [6.07, 6.45) is 7.15. The number of alkyl carbamates (subject to hydrolysis) is 1. The number of methoxy groups -OCH3 is 1. The quantitative estimate of drug-likeness (QED) is 0.0807. The Morgan fingerprint density at radius 2 is 1.24 bits per heavy atom. The van der Waals surface area contributed by atoms with Crippen LogP contribution < -0.4 is 20.4 Å². The standard InChI is InChI=1S/C51H65FN10O6/c1-29(2)44(57-50(65)66)48(63)60-24-10-12-42(60)46-53-35-17-14-31(26-37(35)55-46)39-20-21-40(62(39)33-16-19-41(34(52)28-33)59-22-8-6-7-9-23-59)32-15-18-36-38(27-32)56-47(54-36)43-13-11-25-61(43)49(64)45(30(3)4)58-51(67)68-5/h14-19,26-30,39-40,42-45,57H,6-13,20-25H2,1-5H3,(H,53,55)(H,54,56)(H,58,67)(H,65,66)/t39?,40?,42-,43?,44-,45-/m0/s1. The zero-order valence-electron chi connectivity index (χ0n) is 39.8. The van der Waals surface area contributed by atoms with Gasteiger partial charge in [0.25, 0.3) is 0 Å². The highest BCUT2D eigenvalue weighted by atomic mass is 19.1. The van der Waals surface area contributed by atoms with E-state index in [9.17, 15) is 24.3 Å². The molecule has 6 atom stereocenters. The number of carbonyl (C=O) groups is 4. The van der Waals surface area contributed by atoms with Crippen molar-refractivity contribution in [3.8, 4) is 0 Å². The van der Waals surface area contributed by atoms with E-state index in [1.54, 1.807) is 11.0 Å². The fourth-order valence-corrected chi connectivity index (χ4v) is 11.2. The van der Waals surface area contributed by atoms with E-state index in [1.165, 1.54) is 7.11 Å². The third-order valence-electron chi connectivity index (χ3n) is 14.7. The molecule has 4 aliphatic heterocycles. The molecule has 0 spiro atoms. The van der Waals surface area contributed by atoms with E-state index in [-0.39, 0.29) is 53.6 Å². The van der Waals surface area contributed by atoms with Crippen molar-refractivity contribution in [2.45, 2.75) is 128 Å². The number of nitrogens with one attached hydrogen (secondary N) is 4. The zero-order valence-corrected chi connectivity index (χ0v) is 39.8. The van der Waals surface area contributed by atoms with Gasteiger partial charge in [-0.25, -0.2) is 23.9 Å². The van der Waals surface area contributed by atoms with Crippen molar-refractivity contribution in [2.75, 3.05) is 43.1 Å². The lowest BCUT2D eigenvalue weighted by Crippen LogP contribution is -2.51. The molecule has 4 amide bonds. The van der Waals surface area contributed by atoms with Gasteiger partial charge in [-0.2, -0.15) is 0 Å². The maximum atomic E-state index is 16.5. The molecule has 2 aromatic heterocycles. The number of aromatic nitrogens is 4. The van der Waals surface area contributed by atoms with E-state index in [2.05, 4.69) is 60.7 Å². The number of nitrogens with zero attached hydrogens (tertiary/aromatic N) is 6. The SMILES string of the molecule is COC(=O)N[C@H](C(=O)N1CCCC1c1nc2cc(C3CCC(c4ccc5nc([C@@H]6CCCN6C(=O)[C@@H](NC(=O)O)C(C)C)[nH]c5c4)N3c3ccc(N4CCCCCC4)c(F)c3)ccc2[nH]1)C(C)C. The Labute approximate surface area is 396 Å². The Morgan fingerprint density at radius 1 is 0.662 bits per heavy atom. The van der Waals surface area contributed by atoms with Crippen LogP contribution in [0.2, 0.25) is 0 Å². The Balaban J connectivity index is 1.03. The predicted molar refractivity (Wildman–Crippen MR) is 258 cm³/mol. The number of carboxylic acid groups (broad SMARTS) is 1. The summed E-state index contributed by atoms with van der Waals surface area (Å²) >= 11 is 0. The van der Waals surface area contributed by atoms with Gasteiger partial charge in [-0.05, 0) is 117 Å². The van der Waals surface area contributed by atoms with Crippen LogP contribution in [0.1, 0.15) is 139 Å². The molecular formula is C51H65FN10O6. The van der Waals surface area contributed by atoms with Gasteiger partial charge in [0.2, 0.25) is 11.8 Å². The van der Waals surface area contributed by atoms with Gasteiger partial charge in [-0.15, -0.1) is 0 Å². The summed E-state index contributed by atoms with van der Waals surface area (Å²) < 4.78 is 21.3. The summed E-state index contributed by atoms with van der Waals surface area (Å²) in [7, 11) is 1.29. The summed E-state index contributed by atoms with van der Waals surface area (Å²) in [5.41, 5.74) is 6.75. The van der Waals surface area contributed by atoms with E-state index in [4.69, 9.17) is 14.7 Å². The Kier molecular flexibility index (Phi) is 13.5. The largest absolute Gasteiger partial charge is 0.465 e. The molecule has 5 aromatic rings. The number of ether oxygens (including phenoxy) is 1. The number of hydrogen-bond acceptors (Lipinski definition) is 9. The molecule has 3 aromatic carbocycles. The minimum Gasteiger partial charge on any atom is -0.465 e. The topological polar surface area (TPSA) is 192 Å². The van der Waals surface area contributed by atoms with Crippen LogP contribution in [-0.4, -0.2) is 104 Å². The number of aromatic amines is 2. The van der Waals surface area contributed by atoms with Gasteiger partial charge in [-0.3, -0.25) is 9.59 Å². The fraction of sp³-hybridized carbons (Fsp3) is 0.529. The number of likely N-dealkylation sites (tertiary alicyclic amines) is 2. The monoisotopic (exact) mass is 933 g/mol. The first-order chi connectivity index (χ1) is 32.8. The predicted octanol–water partition coefficient (Wildman–Crippen LogP) is 9.04. The smallest absolute Gasteiger partial charge is 0.407 e. The van der Waals surface area contributed by atoms with E-state index < -0.39 is 24.3 Å². The number of amides is 4. The molecule has 362 valence electrons. The summed E-state index contributed by atoms with van der Waals surface area (Å²) in [4.78, 5) is 76.7. The molecule has 4 saturated heterocycles. The van der Waals surface area contributed by atoms with Crippen LogP contribution >= 0.6 is 0 Å². The molecule has 16 nitrogen and oxygen atoms in total. The Hall–Kier alpha value is -6.39. The van der Waals surface area contributed by atoms with Gasteiger partial charge in [0.15, 0.2) is 0 Å². The van der Waals surface area contributed by atoms with Gasteiger partial charge in [0.1, 0.15) is 29.5 Å². The highest BCUT2D eigenvalue weighted by Gasteiger charge is 2.41. The molecule has 0 saturated carbocycles. The third-order valence-corrected chi connectivity index (χ3v) is 14.7. The summed E-state index contributed by atoms with van der Waals surface area (Å²) in [6, 6.07) is 15.8. The fourth-order valence-electron chi connectivity index (χ4n) is 11.2. The van der Waals surface area contributed by atoms with E-state index in [0.29, 0.717) is 36.8 Å². The molecule has 68 heavy (non-hydrogen) atoms. The number of imidazole rings is 2. The number of anilines is 2. The van der Waals surface area contributed by atoms with Crippen molar-refractivity contribution in [3.05, 3.63) is 83.2 Å². The molecular weight excluding hydrogens is 868 g/mol. The molecule has 4 aliphatic rings. The van der Waals surface area contributed by atoms with Crippen molar-refractivity contribution >= 4 is 57.4 Å². The Morgan fingerprint density at radius 3 is 1.82 bits per heavy atom. The molecule has 6 heterocycles. The van der Waals surface area contributed by atoms with Crippen molar-refractivity contribution in [1.29, 1.82) is 0 Å². The lowest BCUT2D eigenvalue weighted by Gasteiger charge is -2.34. The van der Waals surface area contributed by atoms with Crippen LogP contribution in [0.25, 0.3) is 22.1 Å². The number of carbonyl (C=O) groups excluding carboxylic acids is 3. The lowest BCUT2D eigenvalue weighted by atomic mass is 10.0.